The molecular formula is C11H18O2. The minimum atomic E-state index is -0.238. The van der Waals surface area contributed by atoms with Gasteiger partial charge in [-0.05, 0) is 18.3 Å². The zero-order valence-corrected chi connectivity index (χ0v) is 8.27. The third-order valence-electron chi connectivity index (χ3n) is 3.74. The van der Waals surface area contributed by atoms with E-state index in [0.29, 0.717) is 0 Å². The molecule has 2 heteroatoms. The molecule has 13 heavy (non-hydrogen) atoms. The van der Waals surface area contributed by atoms with Crippen LogP contribution in [0.3, 0.4) is 0 Å². The fourth-order valence-electron chi connectivity index (χ4n) is 2.78. The first-order chi connectivity index (χ1) is 6.03. The molecule has 0 amide bonds. The molecule has 2 nitrogen and oxygen atoms in total. The molecule has 0 bridgehead atoms. The maximum Gasteiger partial charge on any atom is 0.0667 e. The molecule has 2 aliphatic carbocycles. The van der Waals surface area contributed by atoms with E-state index in [-0.39, 0.29) is 29.5 Å². The minimum Gasteiger partial charge on any atom is -0.393 e. The number of aliphatic hydroxyl groups is 2. The quantitative estimate of drug-likeness (QED) is 0.601. The summed E-state index contributed by atoms with van der Waals surface area (Å²) in [6.45, 7) is 4.20. The average Bonchev–Trinajstić information content (AvgIpc) is 2.30. The second-order valence-electron chi connectivity index (χ2n) is 4.98. The molecule has 2 rings (SSSR count). The second-order valence-corrected chi connectivity index (χ2v) is 4.98. The van der Waals surface area contributed by atoms with Crippen LogP contribution >= 0.6 is 0 Å². The van der Waals surface area contributed by atoms with E-state index in [2.05, 4.69) is 19.1 Å². The Bertz CT molecular complexity index is 228. The minimum absolute atomic E-state index is 0.137. The molecule has 3 atom stereocenters. The molecule has 3 unspecified atom stereocenters. The SMILES string of the molecule is CC1C=CC(C2(C)CC(O)C2)C1O. The summed E-state index contributed by atoms with van der Waals surface area (Å²) < 4.78 is 0. The van der Waals surface area contributed by atoms with Gasteiger partial charge in [0.15, 0.2) is 0 Å². The molecule has 2 aliphatic rings. The van der Waals surface area contributed by atoms with Crippen molar-refractivity contribution in [3.63, 3.8) is 0 Å². The van der Waals surface area contributed by atoms with Crippen molar-refractivity contribution in [2.24, 2.45) is 17.3 Å². The molecule has 2 N–H and O–H groups in total. The lowest BCUT2D eigenvalue weighted by Crippen LogP contribution is -2.47. The van der Waals surface area contributed by atoms with Crippen molar-refractivity contribution in [2.75, 3.05) is 0 Å². The van der Waals surface area contributed by atoms with Gasteiger partial charge in [0.05, 0.1) is 12.2 Å². The highest BCUT2D eigenvalue weighted by atomic mass is 16.3. The number of rotatable bonds is 1. The first kappa shape index (κ1) is 9.22. The van der Waals surface area contributed by atoms with Crippen LogP contribution in [-0.4, -0.2) is 22.4 Å². The van der Waals surface area contributed by atoms with Crippen LogP contribution < -0.4 is 0 Å². The lowest BCUT2D eigenvalue weighted by atomic mass is 9.60. The lowest BCUT2D eigenvalue weighted by molar-refractivity contribution is -0.0785. The van der Waals surface area contributed by atoms with Gasteiger partial charge in [0.2, 0.25) is 0 Å². The van der Waals surface area contributed by atoms with Gasteiger partial charge >= 0.3 is 0 Å². The predicted octanol–water partition coefficient (Wildman–Crippen LogP) is 1.33. The van der Waals surface area contributed by atoms with E-state index in [0.717, 1.165) is 12.8 Å². The number of hydrogen-bond donors (Lipinski definition) is 2. The third kappa shape index (κ3) is 1.32. The van der Waals surface area contributed by atoms with Gasteiger partial charge in [-0.25, -0.2) is 0 Å². The standard InChI is InChI=1S/C11H18O2/c1-7-3-4-9(10(7)13)11(2)5-8(12)6-11/h3-4,7-10,12-13H,5-6H2,1-2H3. The Labute approximate surface area is 79.3 Å². The highest BCUT2D eigenvalue weighted by Crippen LogP contribution is 2.51. The summed E-state index contributed by atoms with van der Waals surface area (Å²) in [5.41, 5.74) is 0.139. The van der Waals surface area contributed by atoms with Gasteiger partial charge in [0.1, 0.15) is 0 Å². The summed E-state index contributed by atoms with van der Waals surface area (Å²) in [5, 5.41) is 19.2. The summed E-state index contributed by atoms with van der Waals surface area (Å²) in [4.78, 5) is 0. The highest BCUT2D eigenvalue weighted by molar-refractivity contribution is 5.13. The van der Waals surface area contributed by atoms with E-state index in [1.54, 1.807) is 0 Å². The van der Waals surface area contributed by atoms with Crippen LogP contribution in [0.2, 0.25) is 0 Å². The van der Waals surface area contributed by atoms with Gasteiger partial charge in [-0.3, -0.25) is 0 Å². The topological polar surface area (TPSA) is 40.5 Å². The molecule has 1 fully saturated rings. The van der Waals surface area contributed by atoms with Crippen molar-refractivity contribution in [2.45, 2.75) is 38.9 Å². The molecular weight excluding hydrogens is 164 g/mol. The fraction of sp³-hybridized carbons (Fsp3) is 0.818. The van der Waals surface area contributed by atoms with E-state index in [1.807, 2.05) is 6.92 Å². The molecule has 0 radical (unpaired) electrons. The predicted molar refractivity (Wildman–Crippen MR) is 51.1 cm³/mol. The van der Waals surface area contributed by atoms with Crippen molar-refractivity contribution in [1.82, 2.24) is 0 Å². The van der Waals surface area contributed by atoms with Crippen LogP contribution in [0.4, 0.5) is 0 Å². The molecule has 0 heterocycles. The van der Waals surface area contributed by atoms with Crippen LogP contribution in [0.25, 0.3) is 0 Å². The number of hydrogen-bond acceptors (Lipinski definition) is 2. The molecule has 1 saturated carbocycles. The normalized spacial score (nSPS) is 55.1. The largest absolute Gasteiger partial charge is 0.393 e. The van der Waals surface area contributed by atoms with Crippen LogP contribution in [-0.2, 0) is 0 Å². The van der Waals surface area contributed by atoms with Gasteiger partial charge in [0, 0.05) is 11.8 Å². The Morgan fingerprint density at radius 3 is 2.23 bits per heavy atom. The van der Waals surface area contributed by atoms with Crippen LogP contribution in [0.15, 0.2) is 12.2 Å². The molecule has 0 aliphatic heterocycles. The summed E-state index contributed by atoms with van der Waals surface area (Å²) in [5.74, 6) is 0.533. The van der Waals surface area contributed by atoms with Crippen LogP contribution in [0, 0.1) is 17.3 Å². The van der Waals surface area contributed by atoms with Gasteiger partial charge < -0.3 is 10.2 Å². The smallest absolute Gasteiger partial charge is 0.0667 e. The lowest BCUT2D eigenvalue weighted by Gasteiger charge is -2.48. The monoisotopic (exact) mass is 182 g/mol. The maximum absolute atomic E-state index is 9.90. The Kier molecular flexibility index (Phi) is 2.00. The first-order valence-corrected chi connectivity index (χ1v) is 5.07. The molecule has 0 aromatic heterocycles. The third-order valence-corrected chi connectivity index (χ3v) is 3.74. The number of aliphatic hydroxyl groups excluding tert-OH is 2. The van der Waals surface area contributed by atoms with Crippen molar-refractivity contribution in [3.05, 3.63) is 12.2 Å². The summed E-state index contributed by atoms with van der Waals surface area (Å²) in [7, 11) is 0. The van der Waals surface area contributed by atoms with E-state index in [4.69, 9.17) is 0 Å². The molecule has 74 valence electrons. The summed E-state index contributed by atoms with van der Waals surface area (Å²) in [6, 6.07) is 0. The van der Waals surface area contributed by atoms with Crippen molar-refractivity contribution in [1.29, 1.82) is 0 Å². The van der Waals surface area contributed by atoms with Gasteiger partial charge in [0.25, 0.3) is 0 Å². The van der Waals surface area contributed by atoms with E-state index < -0.39 is 0 Å². The van der Waals surface area contributed by atoms with Crippen molar-refractivity contribution < 1.29 is 10.2 Å². The van der Waals surface area contributed by atoms with Crippen LogP contribution in [0.1, 0.15) is 26.7 Å². The second kappa shape index (κ2) is 2.82. The Morgan fingerprint density at radius 1 is 1.23 bits per heavy atom. The first-order valence-electron chi connectivity index (χ1n) is 5.07. The zero-order chi connectivity index (χ0) is 9.64. The summed E-state index contributed by atoms with van der Waals surface area (Å²) >= 11 is 0. The Morgan fingerprint density at radius 2 is 1.85 bits per heavy atom. The van der Waals surface area contributed by atoms with E-state index in [1.165, 1.54) is 0 Å². The Hall–Kier alpha value is -0.340. The Balaban J connectivity index is 2.06. The molecule has 0 aromatic rings. The molecule has 0 spiro atoms. The van der Waals surface area contributed by atoms with Gasteiger partial charge in [-0.2, -0.15) is 0 Å². The van der Waals surface area contributed by atoms with Gasteiger partial charge in [-0.15, -0.1) is 0 Å². The molecule has 0 aromatic carbocycles. The van der Waals surface area contributed by atoms with Gasteiger partial charge in [-0.1, -0.05) is 26.0 Å². The fourth-order valence-corrected chi connectivity index (χ4v) is 2.78. The maximum atomic E-state index is 9.90. The summed E-state index contributed by atoms with van der Waals surface area (Å²) in [6.07, 6.45) is 5.52. The van der Waals surface area contributed by atoms with Crippen molar-refractivity contribution in [3.8, 4) is 0 Å². The van der Waals surface area contributed by atoms with Crippen molar-refractivity contribution >= 4 is 0 Å². The van der Waals surface area contributed by atoms with E-state index >= 15 is 0 Å². The highest BCUT2D eigenvalue weighted by Gasteiger charge is 2.48. The average molecular weight is 182 g/mol. The van der Waals surface area contributed by atoms with Crippen LogP contribution in [0.5, 0.6) is 0 Å². The van der Waals surface area contributed by atoms with E-state index in [9.17, 15) is 10.2 Å². The zero-order valence-electron chi connectivity index (χ0n) is 8.27. The molecule has 0 saturated heterocycles.